The number of carbonyl (C=O) groups is 2. The third-order valence-electron chi connectivity index (χ3n) is 4.59. The van der Waals surface area contributed by atoms with E-state index in [1.807, 2.05) is 41.9 Å². The maximum Gasteiger partial charge on any atom is 0.408 e. The highest BCUT2D eigenvalue weighted by Gasteiger charge is 2.24. The van der Waals surface area contributed by atoms with Crippen LogP contribution < -0.4 is 5.32 Å². The fourth-order valence-corrected chi connectivity index (χ4v) is 3.40. The summed E-state index contributed by atoms with van der Waals surface area (Å²) in [6, 6.07) is 12.9. The van der Waals surface area contributed by atoms with Crippen LogP contribution in [0.2, 0.25) is 0 Å². The number of amides is 1. The average Bonchev–Trinajstić information content (AvgIpc) is 3.03. The molecule has 0 fully saturated rings. The van der Waals surface area contributed by atoms with Gasteiger partial charge >= 0.3 is 12.1 Å². The van der Waals surface area contributed by atoms with E-state index in [2.05, 4.69) is 22.5 Å². The Balaban J connectivity index is 1.80. The molecule has 1 heterocycles. The van der Waals surface area contributed by atoms with Gasteiger partial charge in [0.25, 0.3) is 0 Å². The Morgan fingerprint density at radius 3 is 2.50 bits per heavy atom. The van der Waals surface area contributed by atoms with E-state index in [-0.39, 0.29) is 6.42 Å². The number of nitrogens with zero attached hydrogens (tertiary/aromatic N) is 2. The van der Waals surface area contributed by atoms with Crippen LogP contribution in [0.25, 0.3) is 10.9 Å². The van der Waals surface area contributed by atoms with Gasteiger partial charge in [0.1, 0.15) is 11.6 Å². The molecule has 3 rings (SSSR count). The molecule has 1 aromatic heterocycles. The van der Waals surface area contributed by atoms with E-state index < -0.39 is 23.7 Å². The zero-order valence-corrected chi connectivity index (χ0v) is 17.7. The Kier molecular flexibility index (Phi) is 6.10. The molecule has 0 saturated carbocycles. The van der Waals surface area contributed by atoms with Crippen LogP contribution in [-0.2, 0) is 22.5 Å². The van der Waals surface area contributed by atoms with Gasteiger partial charge < -0.3 is 15.2 Å². The second kappa shape index (κ2) is 8.57. The molecule has 0 aliphatic carbocycles. The van der Waals surface area contributed by atoms with E-state index in [1.165, 1.54) is 0 Å². The minimum absolute atomic E-state index is 0.148. The van der Waals surface area contributed by atoms with Gasteiger partial charge in [0.15, 0.2) is 0 Å². The minimum Gasteiger partial charge on any atom is -0.480 e. The number of alkyl carbamates (subject to hydrolysis) is 1. The van der Waals surface area contributed by atoms with Crippen molar-refractivity contribution in [3.8, 4) is 0 Å². The van der Waals surface area contributed by atoms with E-state index in [4.69, 9.17) is 4.74 Å². The lowest BCUT2D eigenvalue weighted by Gasteiger charge is -2.22. The van der Waals surface area contributed by atoms with Crippen molar-refractivity contribution in [1.82, 2.24) is 15.1 Å². The third kappa shape index (κ3) is 5.37. The highest BCUT2D eigenvalue weighted by atomic mass is 16.6. The minimum atomic E-state index is -1.11. The fraction of sp³-hybridized carbons (Fsp3) is 0.348. The van der Waals surface area contributed by atoms with Crippen LogP contribution in [0.15, 0.2) is 48.7 Å². The molecular weight excluding hydrogens is 382 g/mol. The predicted octanol–water partition coefficient (Wildman–Crippen LogP) is 3.91. The molecule has 30 heavy (non-hydrogen) atoms. The molecule has 0 unspecified atom stereocenters. The van der Waals surface area contributed by atoms with Crippen molar-refractivity contribution in [2.45, 2.75) is 52.3 Å². The topological polar surface area (TPSA) is 93.4 Å². The smallest absolute Gasteiger partial charge is 0.408 e. The van der Waals surface area contributed by atoms with Crippen molar-refractivity contribution in [3.05, 3.63) is 65.4 Å². The molecule has 7 nitrogen and oxygen atoms in total. The summed E-state index contributed by atoms with van der Waals surface area (Å²) < 4.78 is 7.13. The summed E-state index contributed by atoms with van der Waals surface area (Å²) in [6.45, 7) is 7.82. The first-order chi connectivity index (χ1) is 14.1. The van der Waals surface area contributed by atoms with E-state index in [0.717, 1.165) is 27.6 Å². The second-order valence-corrected chi connectivity index (χ2v) is 8.38. The molecule has 0 spiro atoms. The van der Waals surface area contributed by atoms with Gasteiger partial charge in [-0.3, -0.25) is 4.68 Å². The molecule has 7 heteroatoms. The zero-order chi connectivity index (χ0) is 21.9. The Morgan fingerprint density at radius 1 is 1.17 bits per heavy atom. The standard InChI is InChI=1S/C23H27N3O4/c1-15-10-17(12-19(21(27)28)25-22(29)30-23(2,3)4)11-18-13-24-26(20(15)18)14-16-8-6-5-7-9-16/h5-11,13,19H,12,14H2,1-4H3,(H,25,29)(H,27,28)/t19-/m1/s1. The lowest BCUT2D eigenvalue weighted by molar-refractivity contribution is -0.139. The number of rotatable bonds is 6. The van der Waals surface area contributed by atoms with Gasteiger partial charge in [0, 0.05) is 11.8 Å². The van der Waals surface area contributed by atoms with E-state index >= 15 is 0 Å². The van der Waals surface area contributed by atoms with Gasteiger partial charge in [-0.25, -0.2) is 9.59 Å². The normalized spacial score (nSPS) is 12.5. The first-order valence-electron chi connectivity index (χ1n) is 9.83. The largest absolute Gasteiger partial charge is 0.480 e. The summed E-state index contributed by atoms with van der Waals surface area (Å²) in [5.74, 6) is -1.11. The number of carboxylic acid groups (broad SMARTS) is 1. The van der Waals surface area contributed by atoms with Crippen molar-refractivity contribution in [2.24, 2.45) is 0 Å². The Labute approximate surface area is 175 Å². The summed E-state index contributed by atoms with van der Waals surface area (Å²) in [5, 5.41) is 17.4. The predicted molar refractivity (Wildman–Crippen MR) is 115 cm³/mol. The molecule has 3 aromatic rings. The maximum absolute atomic E-state index is 12.0. The van der Waals surface area contributed by atoms with E-state index in [1.54, 1.807) is 27.0 Å². The molecule has 0 saturated heterocycles. The van der Waals surface area contributed by atoms with Crippen LogP contribution in [0.5, 0.6) is 0 Å². The molecule has 1 atom stereocenters. The van der Waals surface area contributed by atoms with Gasteiger partial charge in [0.05, 0.1) is 18.3 Å². The number of carbonyl (C=O) groups excluding carboxylic acids is 1. The van der Waals surface area contributed by atoms with Crippen molar-refractivity contribution in [2.75, 3.05) is 0 Å². The van der Waals surface area contributed by atoms with Crippen LogP contribution >= 0.6 is 0 Å². The number of aliphatic carboxylic acids is 1. The van der Waals surface area contributed by atoms with Crippen LogP contribution in [-0.4, -0.2) is 38.6 Å². The molecule has 0 aliphatic rings. The molecular formula is C23H27N3O4. The molecule has 2 N–H and O–H groups in total. The number of carboxylic acids is 1. The van der Waals surface area contributed by atoms with Crippen molar-refractivity contribution >= 4 is 23.0 Å². The lowest BCUT2D eigenvalue weighted by Crippen LogP contribution is -2.44. The Bertz CT molecular complexity index is 1050. The van der Waals surface area contributed by atoms with Crippen molar-refractivity contribution < 1.29 is 19.4 Å². The number of fused-ring (bicyclic) bond motifs is 1. The summed E-state index contributed by atoms with van der Waals surface area (Å²) in [7, 11) is 0. The van der Waals surface area contributed by atoms with Crippen molar-refractivity contribution in [3.63, 3.8) is 0 Å². The maximum atomic E-state index is 12.0. The van der Waals surface area contributed by atoms with Crippen LogP contribution in [0.3, 0.4) is 0 Å². The SMILES string of the molecule is Cc1cc(C[C@@H](NC(=O)OC(C)(C)C)C(=O)O)cc2cnn(Cc3ccccc3)c12. The zero-order valence-electron chi connectivity index (χ0n) is 17.7. The van der Waals surface area contributed by atoms with Gasteiger partial charge in [-0.1, -0.05) is 36.4 Å². The summed E-state index contributed by atoms with van der Waals surface area (Å²) in [5.41, 5.74) is 3.27. The van der Waals surface area contributed by atoms with E-state index in [0.29, 0.717) is 6.54 Å². The van der Waals surface area contributed by atoms with Gasteiger partial charge in [0.2, 0.25) is 0 Å². The quantitative estimate of drug-likeness (QED) is 0.644. The summed E-state index contributed by atoms with van der Waals surface area (Å²) in [6.07, 6.45) is 1.18. The number of ether oxygens (including phenoxy) is 1. The van der Waals surface area contributed by atoms with Gasteiger partial charge in [-0.15, -0.1) is 0 Å². The highest BCUT2D eigenvalue weighted by molar-refractivity contribution is 5.84. The molecule has 0 aliphatic heterocycles. The number of hydrogen-bond acceptors (Lipinski definition) is 4. The number of hydrogen-bond donors (Lipinski definition) is 2. The monoisotopic (exact) mass is 409 g/mol. The van der Waals surface area contributed by atoms with Crippen molar-refractivity contribution in [1.29, 1.82) is 0 Å². The van der Waals surface area contributed by atoms with Crippen LogP contribution in [0, 0.1) is 6.92 Å². The summed E-state index contributed by atoms with van der Waals surface area (Å²) in [4.78, 5) is 23.7. The first-order valence-corrected chi connectivity index (χ1v) is 9.83. The molecule has 158 valence electrons. The Morgan fingerprint density at radius 2 is 1.87 bits per heavy atom. The lowest BCUT2D eigenvalue weighted by atomic mass is 10.0. The van der Waals surface area contributed by atoms with Crippen LogP contribution in [0.1, 0.15) is 37.5 Å². The molecule has 0 radical (unpaired) electrons. The van der Waals surface area contributed by atoms with Gasteiger partial charge in [-0.05, 0) is 50.5 Å². The number of benzene rings is 2. The van der Waals surface area contributed by atoms with Crippen LogP contribution in [0.4, 0.5) is 4.79 Å². The third-order valence-corrected chi connectivity index (χ3v) is 4.59. The summed E-state index contributed by atoms with van der Waals surface area (Å²) >= 11 is 0. The molecule has 1 amide bonds. The molecule has 2 aromatic carbocycles. The molecule has 0 bridgehead atoms. The first kappa shape index (κ1) is 21.4. The number of aromatic nitrogens is 2. The fourth-order valence-electron chi connectivity index (χ4n) is 3.40. The number of aryl methyl sites for hydroxylation is 1. The Hall–Kier alpha value is -3.35. The van der Waals surface area contributed by atoms with E-state index in [9.17, 15) is 14.7 Å². The highest BCUT2D eigenvalue weighted by Crippen LogP contribution is 2.22. The second-order valence-electron chi connectivity index (χ2n) is 8.38. The van der Waals surface area contributed by atoms with Gasteiger partial charge in [-0.2, -0.15) is 5.10 Å². The number of nitrogens with one attached hydrogen (secondary N) is 1. The average molecular weight is 409 g/mol.